The Labute approximate surface area is 146 Å². The van der Waals surface area contributed by atoms with E-state index in [9.17, 15) is 4.79 Å². The molecular weight excluding hydrogens is 316 g/mol. The molecule has 2 aliphatic carbocycles. The standard InChI is InChI=1S/C18H24N6O/c25-18(19-10-12-3-4-12)14-2-1-9-23(11-14)16-8-7-15-20-21-17(13-5-6-13)24(15)22-16/h7-8,12-14H,1-6,9-11H2,(H,19,25)/t14-/m1/s1. The van der Waals surface area contributed by atoms with Crippen molar-refractivity contribution >= 4 is 17.4 Å². The van der Waals surface area contributed by atoms with Crippen LogP contribution in [0.3, 0.4) is 0 Å². The molecule has 0 spiro atoms. The van der Waals surface area contributed by atoms with E-state index in [1.165, 1.54) is 25.7 Å². The molecular formula is C18H24N6O. The van der Waals surface area contributed by atoms with Crippen molar-refractivity contribution in [3.63, 3.8) is 0 Å². The fourth-order valence-electron chi connectivity index (χ4n) is 3.67. The number of carbonyl (C=O) groups is 1. The number of piperidine rings is 1. The summed E-state index contributed by atoms with van der Waals surface area (Å²) in [5.41, 5.74) is 0.807. The molecule has 2 aromatic heterocycles. The highest BCUT2D eigenvalue weighted by atomic mass is 16.1. The number of hydrogen-bond donors (Lipinski definition) is 1. The molecule has 3 fully saturated rings. The maximum Gasteiger partial charge on any atom is 0.224 e. The summed E-state index contributed by atoms with van der Waals surface area (Å²) in [5.74, 6) is 3.42. The molecule has 1 amide bonds. The van der Waals surface area contributed by atoms with Crippen LogP contribution in [-0.2, 0) is 4.79 Å². The number of rotatable bonds is 5. The molecule has 7 nitrogen and oxygen atoms in total. The van der Waals surface area contributed by atoms with Crippen LogP contribution in [0.15, 0.2) is 12.1 Å². The summed E-state index contributed by atoms with van der Waals surface area (Å²) in [5, 5.41) is 16.4. The van der Waals surface area contributed by atoms with E-state index in [1.807, 2.05) is 16.6 Å². The van der Waals surface area contributed by atoms with Crippen molar-refractivity contribution in [1.29, 1.82) is 0 Å². The third kappa shape index (κ3) is 3.07. The molecule has 25 heavy (non-hydrogen) atoms. The quantitative estimate of drug-likeness (QED) is 0.897. The topological polar surface area (TPSA) is 75.4 Å². The largest absolute Gasteiger partial charge is 0.356 e. The molecule has 132 valence electrons. The molecule has 0 radical (unpaired) electrons. The molecule has 0 unspecified atom stereocenters. The van der Waals surface area contributed by atoms with E-state index >= 15 is 0 Å². The van der Waals surface area contributed by atoms with Crippen LogP contribution in [0, 0.1) is 11.8 Å². The number of carbonyl (C=O) groups excluding carboxylic acids is 1. The van der Waals surface area contributed by atoms with Gasteiger partial charge in [-0.3, -0.25) is 4.79 Å². The summed E-state index contributed by atoms with van der Waals surface area (Å²) >= 11 is 0. The van der Waals surface area contributed by atoms with Gasteiger partial charge >= 0.3 is 0 Å². The highest BCUT2D eigenvalue weighted by Crippen LogP contribution is 2.38. The van der Waals surface area contributed by atoms with Gasteiger partial charge in [-0.25, -0.2) is 0 Å². The van der Waals surface area contributed by atoms with Gasteiger partial charge in [0.15, 0.2) is 11.5 Å². The lowest BCUT2D eigenvalue weighted by atomic mass is 9.97. The molecule has 1 saturated heterocycles. The van der Waals surface area contributed by atoms with Gasteiger partial charge < -0.3 is 10.2 Å². The molecule has 2 saturated carbocycles. The van der Waals surface area contributed by atoms with Crippen molar-refractivity contribution in [1.82, 2.24) is 25.1 Å². The number of nitrogens with one attached hydrogen (secondary N) is 1. The Balaban J connectivity index is 1.32. The summed E-state index contributed by atoms with van der Waals surface area (Å²) in [7, 11) is 0. The van der Waals surface area contributed by atoms with Crippen LogP contribution >= 0.6 is 0 Å². The van der Waals surface area contributed by atoms with Crippen molar-refractivity contribution < 1.29 is 4.79 Å². The van der Waals surface area contributed by atoms with Gasteiger partial charge in [0.1, 0.15) is 5.82 Å². The number of nitrogens with zero attached hydrogens (tertiary/aromatic N) is 5. The fraction of sp³-hybridized carbons (Fsp3) is 0.667. The van der Waals surface area contributed by atoms with Crippen LogP contribution in [-0.4, -0.2) is 45.4 Å². The lowest BCUT2D eigenvalue weighted by Crippen LogP contribution is -2.44. The third-order valence-electron chi connectivity index (χ3n) is 5.59. The minimum absolute atomic E-state index is 0.0637. The van der Waals surface area contributed by atoms with E-state index in [1.54, 1.807) is 0 Å². The average Bonchev–Trinajstić information content (AvgIpc) is 3.58. The van der Waals surface area contributed by atoms with Crippen LogP contribution in [0.2, 0.25) is 0 Å². The number of fused-ring (bicyclic) bond motifs is 1. The molecule has 1 N–H and O–H groups in total. The Kier molecular flexibility index (Phi) is 3.60. The molecule has 5 rings (SSSR count). The van der Waals surface area contributed by atoms with E-state index in [4.69, 9.17) is 5.10 Å². The van der Waals surface area contributed by atoms with Crippen molar-refractivity contribution in [2.75, 3.05) is 24.5 Å². The minimum Gasteiger partial charge on any atom is -0.356 e. The first-order chi connectivity index (χ1) is 12.3. The highest BCUT2D eigenvalue weighted by molar-refractivity contribution is 5.79. The smallest absolute Gasteiger partial charge is 0.224 e. The van der Waals surface area contributed by atoms with Crippen LogP contribution in [0.1, 0.15) is 50.3 Å². The van der Waals surface area contributed by atoms with Crippen molar-refractivity contribution in [2.45, 2.75) is 44.4 Å². The normalized spacial score (nSPS) is 23.8. The van der Waals surface area contributed by atoms with E-state index in [2.05, 4.69) is 20.4 Å². The van der Waals surface area contributed by atoms with E-state index < -0.39 is 0 Å². The summed E-state index contributed by atoms with van der Waals surface area (Å²) in [6.45, 7) is 2.55. The van der Waals surface area contributed by atoms with Gasteiger partial charge in [-0.05, 0) is 56.6 Å². The molecule has 1 atom stereocenters. The predicted molar refractivity (Wildman–Crippen MR) is 93.4 cm³/mol. The second-order valence-electron chi connectivity index (χ2n) is 7.77. The Morgan fingerprint density at radius 3 is 2.84 bits per heavy atom. The zero-order valence-corrected chi connectivity index (χ0v) is 14.4. The van der Waals surface area contributed by atoms with Crippen LogP contribution in [0.4, 0.5) is 5.82 Å². The summed E-state index contributed by atoms with van der Waals surface area (Å²) < 4.78 is 1.89. The van der Waals surface area contributed by atoms with Crippen LogP contribution < -0.4 is 10.2 Å². The monoisotopic (exact) mass is 340 g/mol. The lowest BCUT2D eigenvalue weighted by molar-refractivity contribution is -0.125. The van der Waals surface area contributed by atoms with Gasteiger partial charge in [-0.1, -0.05) is 0 Å². The van der Waals surface area contributed by atoms with Crippen molar-refractivity contribution in [3.8, 4) is 0 Å². The number of amides is 1. The Bertz CT molecular complexity index is 794. The summed E-state index contributed by atoms with van der Waals surface area (Å²) in [6.07, 6.45) is 6.89. The zero-order chi connectivity index (χ0) is 16.8. The maximum atomic E-state index is 12.4. The number of anilines is 1. The molecule has 3 heterocycles. The average molecular weight is 340 g/mol. The lowest BCUT2D eigenvalue weighted by Gasteiger charge is -2.32. The fourth-order valence-corrected chi connectivity index (χ4v) is 3.67. The molecule has 7 heteroatoms. The number of aromatic nitrogens is 4. The molecule has 3 aliphatic rings. The maximum absolute atomic E-state index is 12.4. The molecule has 0 aromatic carbocycles. The first kappa shape index (κ1) is 15.1. The van der Waals surface area contributed by atoms with Crippen LogP contribution in [0.5, 0.6) is 0 Å². The minimum atomic E-state index is 0.0637. The van der Waals surface area contributed by atoms with E-state index in [0.717, 1.165) is 55.7 Å². The Morgan fingerprint density at radius 2 is 2.04 bits per heavy atom. The Hall–Kier alpha value is -2.18. The molecule has 1 aliphatic heterocycles. The predicted octanol–water partition coefficient (Wildman–Crippen LogP) is 1.74. The molecule has 0 bridgehead atoms. The van der Waals surface area contributed by atoms with Gasteiger partial charge in [-0.2, -0.15) is 4.52 Å². The van der Waals surface area contributed by atoms with Gasteiger partial charge in [0.05, 0.1) is 5.92 Å². The summed E-state index contributed by atoms with van der Waals surface area (Å²) in [6, 6.07) is 3.99. The first-order valence-corrected chi connectivity index (χ1v) is 9.53. The second-order valence-corrected chi connectivity index (χ2v) is 7.77. The zero-order valence-electron chi connectivity index (χ0n) is 14.4. The summed E-state index contributed by atoms with van der Waals surface area (Å²) in [4.78, 5) is 14.7. The van der Waals surface area contributed by atoms with Gasteiger partial charge in [0, 0.05) is 25.6 Å². The second kappa shape index (κ2) is 5.97. The number of hydrogen-bond acceptors (Lipinski definition) is 5. The van der Waals surface area contributed by atoms with Gasteiger partial charge in [0.2, 0.25) is 5.91 Å². The first-order valence-electron chi connectivity index (χ1n) is 9.53. The SMILES string of the molecule is O=C(NCC1CC1)[C@@H]1CCCN(c2ccc3nnc(C4CC4)n3n2)C1. The van der Waals surface area contributed by atoms with E-state index in [-0.39, 0.29) is 11.8 Å². The van der Waals surface area contributed by atoms with Crippen LogP contribution in [0.25, 0.3) is 5.65 Å². The van der Waals surface area contributed by atoms with Crippen molar-refractivity contribution in [2.24, 2.45) is 11.8 Å². The van der Waals surface area contributed by atoms with Gasteiger partial charge in [0.25, 0.3) is 0 Å². The van der Waals surface area contributed by atoms with E-state index in [0.29, 0.717) is 5.92 Å². The third-order valence-corrected chi connectivity index (χ3v) is 5.59. The van der Waals surface area contributed by atoms with Gasteiger partial charge in [-0.15, -0.1) is 15.3 Å². The Morgan fingerprint density at radius 1 is 1.16 bits per heavy atom. The van der Waals surface area contributed by atoms with Crippen molar-refractivity contribution in [3.05, 3.63) is 18.0 Å². The highest BCUT2D eigenvalue weighted by Gasteiger charge is 2.31. The molecule has 2 aromatic rings.